The maximum atomic E-state index is 5.68. The molecule has 1 aromatic rings. The minimum absolute atomic E-state index is 0.0511. The van der Waals surface area contributed by atoms with Crippen molar-refractivity contribution in [3.05, 3.63) is 10.4 Å². The number of hydrogen-bond acceptors (Lipinski definition) is 4. The third kappa shape index (κ3) is 2.42. The van der Waals surface area contributed by atoms with Crippen LogP contribution in [0.25, 0.3) is 0 Å². The molecule has 0 radical (unpaired) electrons. The zero-order valence-electron chi connectivity index (χ0n) is 6.70. The third-order valence-electron chi connectivity index (χ3n) is 1.74. The lowest BCUT2D eigenvalue weighted by molar-refractivity contribution is 0.286. The van der Waals surface area contributed by atoms with Gasteiger partial charge in [0.1, 0.15) is 0 Å². The van der Waals surface area contributed by atoms with Gasteiger partial charge in [-0.1, -0.05) is 11.6 Å². The Kier molecular flexibility index (Phi) is 2.51. The summed E-state index contributed by atoms with van der Waals surface area (Å²) in [4.78, 5) is 3.81. The van der Waals surface area contributed by atoms with Crippen molar-refractivity contribution in [2.24, 2.45) is 5.92 Å². The van der Waals surface area contributed by atoms with Crippen LogP contribution in [-0.4, -0.2) is 21.8 Å². The number of ether oxygens (including phenoxy) is 1. The highest BCUT2D eigenvalue weighted by molar-refractivity contribution is 6.31. The zero-order chi connectivity index (χ0) is 9.26. The van der Waals surface area contributed by atoms with Gasteiger partial charge in [-0.3, -0.25) is 0 Å². The Bertz CT molecular complexity index is 317. The van der Waals surface area contributed by atoms with Crippen LogP contribution in [0.5, 0.6) is 5.88 Å². The van der Waals surface area contributed by atoms with Gasteiger partial charge in [-0.25, -0.2) is 0 Å². The smallest absolute Gasteiger partial charge is 0.256 e. The number of rotatable bonds is 3. The monoisotopic (exact) mass is 219 g/mol. The summed E-state index contributed by atoms with van der Waals surface area (Å²) >= 11 is 11.2. The Labute approximate surface area is 85.2 Å². The van der Waals surface area contributed by atoms with Crippen LogP contribution >= 0.6 is 23.2 Å². The number of nitrogens with zero attached hydrogens (tertiary/aromatic N) is 3. The van der Waals surface area contributed by atoms with Gasteiger partial charge in [-0.2, -0.15) is 4.98 Å². The molecule has 4 nitrogen and oxygen atoms in total. The predicted octanol–water partition coefficient (Wildman–Crippen LogP) is 1.97. The molecule has 0 amide bonds. The molecule has 1 heterocycles. The summed E-state index contributed by atoms with van der Waals surface area (Å²) < 4.78 is 5.31. The molecule has 0 spiro atoms. The van der Waals surface area contributed by atoms with Crippen LogP contribution in [0, 0.1) is 5.92 Å². The number of aromatic nitrogens is 3. The van der Waals surface area contributed by atoms with E-state index in [0.29, 0.717) is 12.5 Å². The molecule has 0 aliphatic heterocycles. The predicted molar refractivity (Wildman–Crippen MR) is 48.1 cm³/mol. The molecular weight excluding hydrogens is 213 g/mol. The second-order valence-corrected chi connectivity index (χ2v) is 3.63. The Morgan fingerprint density at radius 2 is 2.08 bits per heavy atom. The fourth-order valence-corrected chi connectivity index (χ4v) is 1.10. The SMILES string of the molecule is Clc1nnc(Cl)c(OCC2CC2)n1. The molecule has 1 aliphatic carbocycles. The Morgan fingerprint density at radius 1 is 1.31 bits per heavy atom. The highest BCUT2D eigenvalue weighted by Gasteiger charge is 2.22. The summed E-state index contributed by atoms with van der Waals surface area (Å²) in [7, 11) is 0. The van der Waals surface area contributed by atoms with Gasteiger partial charge in [0.05, 0.1) is 6.61 Å². The van der Waals surface area contributed by atoms with Gasteiger partial charge < -0.3 is 4.74 Å². The van der Waals surface area contributed by atoms with Crippen molar-refractivity contribution in [2.75, 3.05) is 6.61 Å². The first-order valence-corrected chi connectivity index (χ1v) is 4.70. The fraction of sp³-hybridized carbons (Fsp3) is 0.571. The van der Waals surface area contributed by atoms with Crippen LogP contribution in [0.15, 0.2) is 0 Å². The van der Waals surface area contributed by atoms with Crippen molar-refractivity contribution in [1.82, 2.24) is 15.2 Å². The fourth-order valence-electron chi connectivity index (χ4n) is 0.853. The molecule has 0 atom stereocenters. The first-order valence-electron chi connectivity index (χ1n) is 3.94. The Morgan fingerprint density at radius 3 is 2.77 bits per heavy atom. The molecular formula is C7H7Cl2N3O. The second kappa shape index (κ2) is 3.64. The molecule has 13 heavy (non-hydrogen) atoms. The summed E-state index contributed by atoms with van der Waals surface area (Å²) in [6.45, 7) is 0.634. The minimum atomic E-state index is 0.0511. The number of hydrogen-bond donors (Lipinski definition) is 0. The van der Waals surface area contributed by atoms with Crippen LogP contribution in [0.1, 0.15) is 12.8 Å². The van der Waals surface area contributed by atoms with Gasteiger partial charge >= 0.3 is 0 Å². The molecule has 1 saturated carbocycles. The highest BCUT2D eigenvalue weighted by Crippen LogP contribution is 2.30. The zero-order valence-corrected chi connectivity index (χ0v) is 8.22. The van der Waals surface area contributed by atoms with E-state index >= 15 is 0 Å². The van der Waals surface area contributed by atoms with Gasteiger partial charge in [-0.05, 0) is 30.4 Å². The van der Waals surface area contributed by atoms with Crippen molar-refractivity contribution >= 4 is 23.2 Å². The van der Waals surface area contributed by atoms with Crippen molar-refractivity contribution in [3.8, 4) is 5.88 Å². The highest BCUT2D eigenvalue weighted by atomic mass is 35.5. The van der Waals surface area contributed by atoms with Crippen molar-refractivity contribution < 1.29 is 4.74 Å². The van der Waals surface area contributed by atoms with E-state index < -0.39 is 0 Å². The van der Waals surface area contributed by atoms with Crippen LogP contribution in [0.2, 0.25) is 10.4 Å². The van der Waals surface area contributed by atoms with E-state index in [1.54, 1.807) is 0 Å². The van der Waals surface area contributed by atoms with Crippen molar-refractivity contribution in [1.29, 1.82) is 0 Å². The quantitative estimate of drug-likeness (QED) is 0.781. The van der Waals surface area contributed by atoms with Gasteiger partial charge in [0.15, 0.2) is 0 Å². The first-order chi connectivity index (χ1) is 6.25. The van der Waals surface area contributed by atoms with E-state index in [1.165, 1.54) is 12.8 Å². The molecule has 0 bridgehead atoms. The van der Waals surface area contributed by atoms with Gasteiger partial charge in [0.2, 0.25) is 10.4 Å². The molecule has 6 heteroatoms. The van der Waals surface area contributed by atoms with Crippen LogP contribution in [0.3, 0.4) is 0 Å². The topological polar surface area (TPSA) is 47.9 Å². The molecule has 70 valence electrons. The maximum absolute atomic E-state index is 5.68. The second-order valence-electron chi connectivity index (χ2n) is 2.93. The Hall–Kier alpha value is -0.610. The number of halogens is 2. The van der Waals surface area contributed by atoms with Crippen LogP contribution in [-0.2, 0) is 0 Å². The van der Waals surface area contributed by atoms with Gasteiger partial charge in [0, 0.05) is 0 Å². The van der Waals surface area contributed by atoms with E-state index in [0.717, 1.165) is 0 Å². The minimum Gasteiger partial charge on any atom is -0.475 e. The molecule has 0 aromatic carbocycles. The third-order valence-corrected chi connectivity index (χ3v) is 2.14. The summed E-state index contributed by atoms with van der Waals surface area (Å²) in [6.07, 6.45) is 2.42. The Balaban J connectivity index is 2.03. The van der Waals surface area contributed by atoms with E-state index in [9.17, 15) is 0 Å². The van der Waals surface area contributed by atoms with Gasteiger partial charge in [0.25, 0.3) is 5.88 Å². The van der Waals surface area contributed by atoms with E-state index in [2.05, 4.69) is 15.2 Å². The van der Waals surface area contributed by atoms with Crippen LogP contribution in [0.4, 0.5) is 0 Å². The first kappa shape index (κ1) is 8.97. The van der Waals surface area contributed by atoms with Crippen LogP contribution < -0.4 is 4.74 Å². The largest absolute Gasteiger partial charge is 0.475 e. The molecule has 1 aromatic heterocycles. The lowest BCUT2D eigenvalue weighted by atomic mass is 10.5. The van der Waals surface area contributed by atoms with E-state index in [-0.39, 0.29) is 16.3 Å². The van der Waals surface area contributed by atoms with E-state index in [1.807, 2.05) is 0 Å². The van der Waals surface area contributed by atoms with E-state index in [4.69, 9.17) is 27.9 Å². The molecule has 1 fully saturated rings. The molecule has 2 rings (SSSR count). The lowest BCUT2D eigenvalue weighted by Gasteiger charge is -2.03. The summed E-state index contributed by atoms with van der Waals surface area (Å²) in [5.41, 5.74) is 0. The average molecular weight is 220 g/mol. The summed E-state index contributed by atoms with van der Waals surface area (Å²) in [6, 6.07) is 0. The molecule has 1 aliphatic rings. The normalized spacial score (nSPS) is 15.8. The van der Waals surface area contributed by atoms with Gasteiger partial charge in [-0.15, -0.1) is 10.2 Å². The molecule has 0 saturated heterocycles. The molecule has 0 N–H and O–H groups in total. The lowest BCUT2D eigenvalue weighted by Crippen LogP contribution is -2.03. The summed E-state index contributed by atoms with van der Waals surface area (Å²) in [5.74, 6) is 0.915. The van der Waals surface area contributed by atoms with Crippen molar-refractivity contribution in [3.63, 3.8) is 0 Å². The van der Waals surface area contributed by atoms with Crippen molar-refractivity contribution in [2.45, 2.75) is 12.8 Å². The average Bonchev–Trinajstić information content (AvgIpc) is 2.90. The maximum Gasteiger partial charge on any atom is 0.256 e. The summed E-state index contributed by atoms with van der Waals surface area (Å²) in [5, 5.41) is 7.26. The molecule has 0 unspecified atom stereocenters. The standard InChI is InChI=1S/C7H7Cl2N3O/c8-5-6(10-7(9)12-11-5)13-3-4-1-2-4/h4H,1-3H2.